The number of ether oxygens (including phenoxy) is 1. The van der Waals surface area contributed by atoms with Gasteiger partial charge in [-0.05, 0) is 67.8 Å². The Balaban J connectivity index is 1.86. The molecular formula is C29H35N3O5S. The van der Waals surface area contributed by atoms with E-state index in [0.29, 0.717) is 23.7 Å². The number of nitrogens with one attached hydrogen (secondary N) is 1. The number of hydrogen-bond donors (Lipinski definition) is 1. The number of aryl methyl sites for hydroxylation is 1. The Kier molecular flexibility index (Phi) is 9.90. The zero-order chi connectivity index (χ0) is 27.7. The fourth-order valence-electron chi connectivity index (χ4n) is 3.87. The molecule has 1 unspecified atom stereocenters. The van der Waals surface area contributed by atoms with E-state index < -0.39 is 28.5 Å². The van der Waals surface area contributed by atoms with Gasteiger partial charge in [0.1, 0.15) is 24.1 Å². The van der Waals surface area contributed by atoms with E-state index in [2.05, 4.69) is 5.32 Å². The van der Waals surface area contributed by atoms with Crippen LogP contribution >= 0.6 is 0 Å². The number of anilines is 1. The quantitative estimate of drug-likeness (QED) is 0.367. The van der Waals surface area contributed by atoms with Crippen LogP contribution in [-0.2, 0) is 26.2 Å². The lowest BCUT2D eigenvalue weighted by Crippen LogP contribution is -2.51. The van der Waals surface area contributed by atoms with Crippen molar-refractivity contribution in [2.24, 2.45) is 0 Å². The first-order chi connectivity index (χ1) is 18.1. The van der Waals surface area contributed by atoms with Crippen LogP contribution in [-0.4, -0.2) is 50.5 Å². The molecule has 1 N–H and O–H groups in total. The van der Waals surface area contributed by atoms with Gasteiger partial charge < -0.3 is 15.0 Å². The van der Waals surface area contributed by atoms with Gasteiger partial charge in [-0.25, -0.2) is 8.42 Å². The van der Waals surface area contributed by atoms with Crippen LogP contribution in [0.4, 0.5) is 5.69 Å². The molecule has 3 rings (SSSR count). The van der Waals surface area contributed by atoms with Crippen molar-refractivity contribution in [3.8, 4) is 11.5 Å². The van der Waals surface area contributed by atoms with E-state index in [1.54, 1.807) is 31.2 Å². The molecule has 0 heterocycles. The fraction of sp³-hybridized carbons (Fsp3) is 0.310. The summed E-state index contributed by atoms with van der Waals surface area (Å²) < 4.78 is 32.4. The normalized spacial score (nSPS) is 11.9. The summed E-state index contributed by atoms with van der Waals surface area (Å²) in [6, 6.07) is 22.5. The predicted molar refractivity (Wildman–Crippen MR) is 150 cm³/mol. The van der Waals surface area contributed by atoms with Gasteiger partial charge in [0.2, 0.25) is 21.8 Å². The second kappa shape index (κ2) is 13.1. The Hall–Kier alpha value is -3.85. The van der Waals surface area contributed by atoms with Gasteiger partial charge in [-0.2, -0.15) is 0 Å². The van der Waals surface area contributed by atoms with Crippen molar-refractivity contribution in [1.29, 1.82) is 0 Å². The van der Waals surface area contributed by atoms with Crippen LogP contribution in [0.1, 0.15) is 31.4 Å². The van der Waals surface area contributed by atoms with Crippen LogP contribution in [0.2, 0.25) is 0 Å². The van der Waals surface area contributed by atoms with Gasteiger partial charge in [-0.3, -0.25) is 13.9 Å². The van der Waals surface area contributed by atoms with Crippen LogP contribution < -0.4 is 14.4 Å². The van der Waals surface area contributed by atoms with Crippen molar-refractivity contribution < 1.29 is 22.7 Å². The fourth-order valence-corrected chi connectivity index (χ4v) is 4.72. The molecule has 0 aliphatic carbocycles. The lowest BCUT2D eigenvalue weighted by atomic mass is 10.1. The highest BCUT2D eigenvalue weighted by Gasteiger charge is 2.30. The number of nitrogens with zero attached hydrogens (tertiary/aromatic N) is 2. The number of para-hydroxylation sites is 1. The first kappa shape index (κ1) is 28.7. The third kappa shape index (κ3) is 7.82. The van der Waals surface area contributed by atoms with E-state index in [4.69, 9.17) is 4.74 Å². The molecule has 0 aliphatic heterocycles. The molecule has 38 heavy (non-hydrogen) atoms. The molecule has 1 atom stereocenters. The second-order valence-electron chi connectivity index (χ2n) is 9.09. The Bertz CT molecular complexity index is 1330. The van der Waals surface area contributed by atoms with Crippen LogP contribution in [0.5, 0.6) is 11.5 Å². The highest BCUT2D eigenvalue weighted by Crippen LogP contribution is 2.26. The Morgan fingerprint density at radius 3 is 2.13 bits per heavy atom. The lowest BCUT2D eigenvalue weighted by molar-refractivity contribution is -0.139. The summed E-state index contributed by atoms with van der Waals surface area (Å²) >= 11 is 0. The predicted octanol–water partition coefficient (Wildman–Crippen LogP) is 4.50. The van der Waals surface area contributed by atoms with Gasteiger partial charge in [0.25, 0.3) is 0 Å². The van der Waals surface area contributed by atoms with Crippen LogP contribution in [0.3, 0.4) is 0 Å². The Morgan fingerprint density at radius 1 is 0.921 bits per heavy atom. The average molecular weight is 538 g/mol. The minimum atomic E-state index is -3.81. The second-order valence-corrected chi connectivity index (χ2v) is 11.0. The lowest BCUT2D eigenvalue weighted by Gasteiger charge is -2.32. The van der Waals surface area contributed by atoms with Crippen molar-refractivity contribution in [3.05, 3.63) is 90.0 Å². The largest absolute Gasteiger partial charge is 0.457 e. The minimum Gasteiger partial charge on any atom is -0.457 e. The van der Waals surface area contributed by atoms with Gasteiger partial charge in [-0.15, -0.1) is 0 Å². The standard InChI is InChI=1S/C29H35N3O5S/c1-5-19-30-29(34)23(3)31(20-24-12-10-9-11-22(24)2)28(33)21-32(38(4,35)36)25-15-17-27(18-16-25)37-26-13-7-6-8-14-26/h6-18,23H,5,19-21H2,1-4H3,(H,30,34). The van der Waals surface area contributed by atoms with Crippen LogP contribution in [0.15, 0.2) is 78.9 Å². The van der Waals surface area contributed by atoms with E-state index in [1.165, 1.54) is 4.90 Å². The number of carbonyl (C=O) groups is 2. The summed E-state index contributed by atoms with van der Waals surface area (Å²) in [4.78, 5) is 27.9. The number of hydrogen-bond acceptors (Lipinski definition) is 5. The molecule has 2 amide bonds. The van der Waals surface area contributed by atoms with E-state index in [9.17, 15) is 18.0 Å². The van der Waals surface area contributed by atoms with Gasteiger partial charge in [-0.1, -0.05) is 49.4 Å². The van der Waals surface area contributed by atoms with Crippen molar-refractivity contribution in [2.75, 3.05) is 23.7 Å². The van der Waals surface area contributed by atoms with E-state index in [1.807, 2.05) is 68.4 Å². The number of benzene rings is 3. The van der Waals surface area contributed by atoms with Crippen molar-refractivity contribution in [2.45, 2.75) is 39.8 Å². The topological polar surface area (TPSA) is 96.0 Å². The summed E-state index contributed by atoms with van der Waals surface area (Å²) in [6.45, 7) is 5.75. The number of carbonyl (C=O) groups excluding carboxylic acids is 2. The summed E-state index contributed by atoms with van der Waals surface area (Å²) in [7, 11) is -3.81. The Labute approximate surface area is 225 Å². The number of rotatable bonds is 12. The molecule has 0 radical (unpaired) electrons. The summed E-state index contributed by atoms with van der Waals surface area (Å²) in [5.41, 5.74) is 2.17. The molecule has 0 saturated heterocycles. The van der Waals surface area contributed by atoms with Crippen LogP contribution in [0, 0.1) is 6.92 Å². The minimum absolute atomic E-state index is 0.174. The highest BCUT2D eigenvalue weighted by atomic mass is 32.2. The van der Waals surface area contributed by atoms with E-state index in [0.717, 1.165) is 28.1 Å². The van der Waals surface area contributed by atoms with Gasteiger partial charge in [0, 0.05) is 13.1 Å². The average Bonchev–Trinajstić information content (AvgIpc) is 2.90. The zero-order valence-electron chi connectivity index (χ0n) is 22.3. The molecule has 0 aliphatic rings. The van der Waals surface area contributed by atoms with E-state index >= 15 is 0 Å². The maximum absolute atomic E-state index is 13.6. The number of amides is 2. The van der Waals surface area contributed by atoms with Gasteiger partial charge >= 0.3 is 0 Å². The molecule has 3 aromatic rings. The molecule has 202 valence electrons. The first-order valence-electron chi connectivity index (χ1n) is 12.5. The molecule has 8 nitrogen and oxygen atoms in total. The maximum Gasteiger partial charge on any atom is 0.244 e. The van der Waals surface area contributed by atoms with Crippen molar-refractivity contribution in [1.82, 2.24) is 10.2 Å². The monoisotopic (exact) mass is 537 g/mol. The third-order valence-corrected chi connectivity index (χ3v) is 7.24. The SMILES string of the molecule is CCCNC(=O)C(C)N(Cc1ccccc1C)C(=O)CN(c1ccc(Oc2ccccc2)cc1)S(C)(=O)=O. The number of sulfonamides is 1. The summed E-state index contributed by atoms with van der Waals surface area (Å²) in [6.07, 6.45) is 1.81. The molecule has 3 aromatic carbocycles. The molecule has 0 bridgehead atoms. The zero-order valence-corrected chi connectivity index (χ0v) is 23.1. The van der Waals surface area contributed by atoms with Crippen LogP contribution in [0.25, 0.3) is 0 Å². The molecule has 0 aromatic heterocycles. The van der Waals surface area contributed by atoms with Gasteiger partial charge in [0.15, 0.2) is 0 Å². The molecule has 9 heteroatoms. The van der Waals surface area contributed by atoms with Crippen molar-refractivity contribution >= 4 is 27.5 Å². The third-order valence-electron chi connectivity index (χ3n) is 6.10. The van der Waals surface area contributed by atoms with E-state index in [-0.39, 0.29) is 12.5 Å². The molecular weight excluding hydrogens is 502 g/mol. The van der Waals surface area contributed by atoms with Gasteiger partial charge in [0.05, 0.1) is 11.9 Å². The summed E-state index contributed by atoms with van der Waals surface area (Å²) in [5, 5.41) is 2.83. The molecule has 0 spiro atoms. The molecule has 0 fully saturated rings. The highest BCUT2D eigenvalue weighted by molar-refractivity contribution is 7.92. The summed E-state index contributed by atoms with van der Waals surface area (Å²) in [5.74, 6) is 0.407. The smallest absolute Gasteiger partial charge is 0.244 e. The Morgan fingerprint density at radius 2 is 1.53 bits per heavy atom. The first-order valence-corrected chi connectivity index (χ1v) is 14.4. The maximum atomic E-state index is 13.6. The molecule has 0 saturated carbocycles. The van der Waals surface area contributed by atoms with Crippen molar-refractivity contribution in [3.63, 3.8) is 0 Å².